The van der Waals surface area contributed by atoms with E-state index < -0.39 is 10.0 Å². The minimum Gasteiger partial charge on any atom is -0.441 e. The van der Waals surface area contributed by atoms with Crippen molar-refractivity contribution in [3.05, 3.63) is 70.0 Å². The Morgan fingerprint density at radius 3 is 2.43 bits per heavy atom. The fourth-order valence-electron chi connectivity index (χ4n) is 3.43. The third kappa shape index (κ3) is 4.40. The normalized spacial score (nSPS) is 16.1. The van der Waals surface area contributed by atoms with Gasteiger partial charge in [-0.3, -0.25) is 4.90 Å². The second kappa shape index (κ2) is 8.69. The molecule has 0 N–H and O–H groups in total. The van der Waals surface area contributed by atoms with Crippen molar-refractivity contribution >= 4 is 33.2 Å². The largest absolute Gasteiger partial charge is 0.441 e. The second-order valence-electron chi connectivity index (χ2n) is 7.14. The standard InChI is InChI=1S/C21H21Cl2N3O3S/c1-15-19(24-21(29-15)16-5-3-2-4-6-16)14-25-9-11-26(12-10-25)30(27,28)20-13-17(22)7-8-18(20)23/h2-8,13H,9-12,14H2,1H3. The van der Waals surface area contributed by atoms with Crippen molar-refractivity contribution in [1.82, 2.24) is 14.2 Å². The molecule has 2 aromatic carbocycles. The minimum atomic E-state index is -3.70. The van der Waals surface area contributed by atoms with Crippen molar-refractivity contribution in [2.24, 2.45) is 0 Å². The van der Waals surface area contributed by atoms with Gasteiger partial charge in [-0.15, -0.1) is 0 Å². The van der Waals surface area contributed by atoms with Crippen LogP contribution in [0.2, 0.25) is 10.0 Å². The van der Waals surface area contributed by atoms with Gasteiger partial charge in [0.25, 0.3) is 0 Å². The Balaban J connectivity index is 1.43. The molecule has 1 fully saturated rings. The summed E-state index contributed by atoms with van der Waals surface area (Å²) in [6, 6.07) is 14.2. The molecule has 0 bridgehead atoms. The molecule has 0 saturated carbocycles. The molecule has 4 rings (SSSR count). The summed E-state index contributed by atoms with van der Waals surface area (Å²) in [6.07, 6.45) is 0. The van der Waals surface area contributed by atoms with Crippen LogP contribution >= 0.6 is 23.2 Å². The summed E-state index contributed by atoms with van der Waals surface area (Å²) in [7, 11) is -3.70. The van der Waals surface area contributed by atoms with Crippen molar-refractivity contribution in [1.29, 1.82) is 0 Å². The Morgan fingerprint density at radius 1 is 1.03 bits per heavy atom. The van der Waals surface area contributed by atoms with Crippen LogP contribution in [-0.4, -0.2) is 48.8 Å². The number of piperazine rings is 1. The predicted octanol–water partition coefficient (Wildman–Crippen LogP) is 4.46. The fraction of sp³-hybridized carbons (Fsp3) is 0.286. The van der Waals surface area contributed by atoms with E-state index in [1.54, 1.807) is 6.07 Å². The SMILES string of the molecule is Cc1oc(-c2ccccc2)nc1CN1CCN(S(=O)(=O)c2cc(Cl)ccc2Cl)CC1. The maximum absolute atomic E-state index is 13.0. The van der Waals surface area contributed by atoms with E-state index in [0.29, 0.717) is 43.6 Å². The summed E-state index contributed by atoms with van der Waals surface area (Å²) < 4.78 is 33.2. The van der Waals surface area contributed by atoms with Gasteiger partial charge < -0.3 is 4.42 Å². The minimum absolute atomic E-state index is 0.0463. The highest BCUT2D eigenvalue weighted by Crippen LogP contribution is 2.29. The molecule has 1 saturated heterocycles. The smallest absolute Gasteiger partial charge is 0.244 e. The lowest BCUT2D eigenvalue weighted by molar-refractivity contribution is 0.179. The lowest BCUT2D eigenvalue weighted by Crippen LogP contribution is -2.48. The molecule has 0 unspecified atom stereocenters. The van der Waals surface area contributed by atoms with Crippen LogP contribution in [0.3, 0.4) is 0 Å². The zero-order valence-corrected chi connectivity index (χ0v) is 18.7. The third-order valence-corrected chi connectivity index (χ3v) is 7.74. The van der Waals surface area contributed by atoms with E-state index in [9.17, 15) is 8.42 Å². The van der Waals surface area contributed by atoms with Crippen LogP contribution in [0.15, 0.2) is 57.8 Å². The zero-order valence-electron chi connectivity index (χ0n) is 16.4. The Morgan fingerprint density at radius 2 is 1.73 bits per heavy atom. The number of oxazole rings is 1. The van der Waals surface area contributed by atoms with Crippen LogP contribution in [0.4, 0.5) is 0 Å². The van der Waals surface area contributed by atoms with Crippen LogP contribution < -0.4 is 0 Å². The molecule has 2 heterocycles. The number of rotatable bonds is 5. The van der Waals surface area contributed by atoms with E-state index in [2.05, 4.69) is 9.88 Å². The number of aromatic nitrogens is 1. The number of sulfonamides is 1. The van der Waals surface area contributed by atoms with Gasteiger partial charge in [-0.25, -0.2) is 13.4 Å². The van der Waals surface area contributed by atoms with Gasteiger partial charge in [0.1, 0.15) is 10.7 Å². The van der Waals surface area contributed by atoms with Crippen LogP contribution in [-0.2, 0) is 16.6 Å². The van der Waals surface area contributed by atoms with Gasteiger partial charge in [-0.05, 0) is 37.3 Å². The summed E-state index contributed by atoms with van der Waals surface area (Å²) >= 11 is 12.1. The van der Waals surface area contributed by atoms with Crippen molar-refractivity contribution in [3.8, 4) is 11.5 Å². The first-order chi connectivity index (χ1) is 14.3. The van der Waals surface area contributed by atoms with Gasteiger partial charge in [-0.1, -0.05) is 41.4 Å². The average molecular weight is 466 g/mol. The maximum Gasteiger partial charge on any atom is 0.244 e. The molecular weight excluding hydrogens is 445 g/mol. The first kappa shape index (κ1) is 21.3. The van der Waals surface area contributed by atoms with E-state index in [-0.39, 0.29) is 9.92 Å². The van der Waals surface area contributed by atoms with E-state index in [1.165, 1.54) is 16.4 Å². The molecule has 6 nitrogen and oxygen atoms in total. The molecule has 0 radical (unpaired) electrons. The third-order valence-electron chi connectivity index (χ3n) is 5.13. The number of aryl methyl sites for hydroxylation is 1. The first-order valence-electron chi connectivity index (χ1n) is 9.54. The van der Waals surface area contributed by atoms with E-state index in [4.69, 9.17) is 27.6 Å². The first-order valence-corrected chi connectivity index (χ1v) is 11.7. The van der Waals surface area contributed by atoms with Crippen molar-refractivity contribution < 1.29 is 12.8 Å². The van der Waals surface area contributed by atoms with Gasteiger partial charge in [0, 0.05) is 43.3 Å². The van der Waals surface area contributed by atoms with E-state index >= 15 is 0 Å². The van der Waals surface area contributed by atoms with Crippen LogP contribution in [0.5, 0.6) is 0 Å². The summed E-state index contributed by atoms with van der Waals surface area (Å²) in [4.78, 5) is 6.86. The van der Waals surface area contributed by atoms with Gasteiger partial charge in [0.05, 0.1) is 10.7 Å². The molecule has 3 aromatic rings. The maximum atomic E-state index is 13.0. The highest BCUT2D eigenvalue weighted by Gasteiger charge is 2.30. The number of benzene rings is 2. The summed E-state index contributed by atoms with van der Waals surface area (Å²) in [5.41, 5.74) is 1.80. The molecule has 158 valence electrons. The molecule has 1 aliphatic rings. The van der Waals surface area contributed by atoms with Crippen molar-refractivity contribution in [2.45, 2.75) is 18.4 Å². The Hall–Kier alpha value is -1.90. The van der Waals surface area contributed by atoms with Gasteiger partial charge in [0.2, 0.25) is 15.9 Å². The molecule has 1 aromatic heterocycles. The predicted molar refractivity (Wildman–Crippen MR) is 117 cm³/mol. The molecule has 0 atom stereocenters. The summed E-state index contributed by atoms with van der Waals surface area (Å²) in [5, 5.41) is 0.515. The zero-order chi connectivity index (χ0) is 21.3. The Bertz CT molecular complexity index is 1140. The Labute approximate surface area is 186 Å². The van der Waals surface area contributed by atoms with Crippen molar-refractivity contribution in [3.63, 3.8) is 0 Å². The monoisotopic (exact) mass is 465 g/mol. The molecule has 0 aliphatic carbocycles. The topological polar surface area (TPSA) is 66.7 Å². The average Bonchev–Trinajstić information content (AvgIpc) is 3.11. The summed E-state index contributed by atoms with van der Waals surface area (Å²) in [6.45, 7) is 4.42. The van der Waals surface area contributed by atoms with Crippen LogP contribution in [0.1, 0.15) is 11.5 Å². The van der Waals surface area contributed by atoms with Crippen LogP contribution in [0, 0.1) is 6.92 Å². The highest BCUT2D eigenvalue weighted by atomic mass is 35.5. The summed E-state index contributed by atoms with van der Waals surface area (Å²) in [5.74, 6) is 1.37. The second-order valence-corrected chi connectivity index (χ2v) is 9.89. The number of halogens is 2. The van der Waals surface area contributed by atoms with E-state index in [0.717, 1.165) is 17.0 Å². The highest BCUT2D eigenvalue weighted by molar-refractivity contribution is 7.89. The molecule has 0 amide bonds. The van der Waals surface area contributed by atoms with Crippen LogP contribution in [0.25, 0.3) is 11.5 Å². The van der Waals surface area contributed by atoms with E-state index in [1.807, 2.05) is 37.3 Å². The van der Waals surface area contributed by atoms with Gasteiger partial charge in [-0.2, -0.15) is 4.31 Å². The molecule has 30 heavy (non-hydrogen) atoms. The lowest BCUT2D eigenvalue weighted by atomic mass is 10.2. The molecule has 0 spiro atoms. The molecule has 1 aliphatic heterocycles. The number of nitrogens with zero attached hydrogens (tertiary/aromatic N) is 3. The number of hydrogen-bond donors (Lipinski definition) is 0. The fourth-order valence-corrected chi connectivity index (χ4v) is 5.59. The van der Waals surface area contributed by atoms with Gasteiger partial charge >= 0.3 is 0 Å². The molecule has 9 heteroatoms. The van der Waals surface area contributed by atoms with Gasteiger partial charge in [0.15, 0.2) is 0 Å². The Kier molecular flexibility index (Phi) is 6.18. The lowest BCUT2D eigenvalue weighted by Gasteiger charge is -2.33. The molecular formula is C21H21Cl2N3O3S. The quantitative estimate of drug-likeness (QED) is 0.556. The number of hydrogen-bond acceptors (Lipinski definition) is 5. The van der Waals surface area contributed by atoms with Crippen molar-refractivity contribution in [2.75, 3.05) is 26.2 Å².